The van der Waals surface area contributed by atoms with Crippen molar-refractivity contribution in [2.75, 3.05) is 20.3 Å². The van der Waals surface area contributed by atoms with E-state index in [0.29, 0.717) is 19.4 Å². The van der Waals surface area contributed by atoms with Gasteiger partial charge in [-0.15, -0.1) is 0 Å². The number of phenolic OH excluding ortho intramolecular Hbond substituents is 1. The van der Waals surface area contributed by atoms with Crippen LogP contribution in [0.1, 0.15) is 24.8 Å². The minimum Gasteiger partial charge on any atom is -0.508 e. The molecule has 0 saturated carbocycles. The average Bonchev–Trinajstić information content (AvgIpc) is 2.64. The fraction of sp³-hybridized carbons (Fsp3) is 0.429. The van der Waals surface area contributed by atoms with Crippen molar-refractivity contribution in [3.05, 3.63) is 54.1 Å². The molecule has 0 radical (unpaired) electrons. The van der Waals surface area contributed by atoms with Gasteiger partial charge in [0.15, 0.2) is 0 Å². The van der Waals surface area contributed by atoms with Gasteiger partial charge < -0.3 is 25.0 Å². The predicted octanol–water partition coefficient (Wildman–Crippen LogP) is 2.90. The Morgan fingerprint density at radius 1 is 1.08 bits per heavy atom. The van der Waals surface area contributed by atoms with Gasteiger partial charge in [0.05, 0.1) is 19.3 Å². The topological polar surface area (TPSA) is 71.0 Å². The lowest BCUT2D eigenvalue weighted by atomic mass is 9.82. The maximum absolute atomic E-state index is 11.0. The molecule has 140 valence electrons. The molecule has 2 unspecified atom stereocenters. The molecule has 2 atom stereocenters. The standard InChI is InChI=1S/C21H27NO4/c1-25-19-6-2-16(3-7-19)14-21(24)11-12-22-17(15-21)10-13-26-20-8-4-18(23)5-9-20/h2-9,17,22-24H,10-15H2,1H3. The molecule has 1 heterocycles. The molecule has 3 rings (SSSR count). The second-order valence-corrected chi connectivity index (χ2v) is 6.99. The zero-order valence-corrected chi connectivity index (χ0v) is 15.1. The largest absolute Gasteiger partial charge is 0.508 e. The summed E-state index contributed by atoms with van der Waals surface area (Å²) in [4.78, 5) is 0. The van der Waals surface area contributed by atoms with Crippen LogP contribution in [0.5, 0.6) is 17.2 Å². The van der Waals surface area contributed by atoms with Crippen LogP contribution in [-0.4, -0.2) is 42.1 Å². The number of piperidine rings is 1. The van der Waals surface area contributed by atoms with Gasteiger partial charge in [0.1, 0.15) is 17.2 Å². The summed E-state index contributed by atoms with van der Waals surface area (Å²) < 4.78 is 10.9. The molecule has 1 aliphatic heterocycles. The molecule has 2 aromatic rings. The lowest BCUT2D eigenvalue weighted by Gasteiger charge is -2.38. The van der Waals surface area contributed by atoms with Crippen LogP contribution in [0.4, 0.5) is 0 Å². The molecule has 0 spiro atoms. The Kier molecular flexibility index (Phi) is 6.01. The summed E-state index contributed by atoms with van der Waals surface area (Å²) in [5.41, 5.74) is 0.428. The van der Waals surface area contributed by atoms with Gasteiger partial charge in [-0.2, -0.15) is 0 Å². The zero-order valence-electron chi connectivity index (χ0n) is 15.1. The molecular weight excluding hydrogens is 330 g/mol. The molecular formula is C21H27NO4. The Morgan fingerprint density at radius 3 is 2.46 bits per heavy atom. The maximum Gasteiger partial charge on any atom is 0.119 e. The number of phenols is 1. The van der Waals surface area contributed by atoms with Crippen molar-refractivity contribution in [2.24, 2.45) is 0 Å². The Balaban J connectivity index is 1.49. The van der Waals surface area contributed by atoms with Crippen molar-refractivity contribution >= 4 is 0 Å². The second kappa shape index (κ2) is 8.43. The van der Waals surface area contributed by atoms with Gasteiger partial charge in [0.2, 0.25) is 0 Å². The summed E-state index contributed by atoms with van der Waals surface area (Å²) in [6, 6.07) is 14.9. The molecule has 0 aromatic heterocycles. The third-order valence-corrected chi connectivity index (χ3v) is 4.91. The van der Waals surface area contributed by atoms with Gasteiger partial charge in [0, 0.05) is 12.5 Å². The first kappa shape index (κ1) is 18.5. The van der Waals surface area contributed by atoms with E-state index in [1.54, 1.807) is 31.4 Å². The number of aromatic hydroxyl groups is 1. The van der Waals surface area contributed by atoms with E-state index in [1.807, 2.05) is 24.3 Å². The van der Waals surface area contributed by atoms with Crippen molar-refractivity contribution in [1.29, 1.82) is 0 Å². The molecule has 2 aromatic carbocycles. The van der Waals surface area contributed by atoms with Gasteiger partial charge in [-0.25, -0.2) is 0 Å². The first-order valence-corrected chi connectivity index (χ1v) is 9.07. The van der Waals surface area contributed by atoms with Gasteiger partial charge in [-0.1, -0.05) is 12.1 Å². The molecule has 0 bridgehead atoms. The van der Waals surface area contributed by atoms with E-state index in [2.05, 4.69) is 5.32 Å². The van der Waals surface area contributed by atoms with E-state index >= 15 is 0 Å². The lowest BCUT2D eigenvalue weighted by molar-refractivity contribution is -0.00627. The van der Waals surface area contributed by atoms with Gasteiger partial charge >= 0.3 is 0 Å². The molecule has 1 aliphatic rings. The van der Waals surface area contributed by atoms with Crippen LogP contribution < -0.4 is 14.8 Å². The number of ether oxygens (including phenoxy) is 2. The second-order valence-electron chi connectivity index (χ2n) is 6.99. The molecule has 1 fully saturated rings. The number of benzene rings is 2. The van der Waals surface area contributed by atoms with Crippen LogP contribution in [-0.2, 0) is 6.42 Å². The monoisotopic (exact) mass is 357 g/mol. The van der Waals surface area contributed by atoms with Crippen molar-refractivity contribution in [3.8, 4) is 17.2 Å². The number of nitrogens with one attached hydrogen (secondary N) is 1. The SMILES string of the molecule is COc1ccc(CC2(O)CCNC(CCOc3ccc(O)cc3)C2)cc1. The maximum atomic E-state index is 11.0. The fourth-order valence-corrected chi connectivity index (χ4v) is 3.49. The summed E-state index contributed by atoms with van der Waals surface area (Å²) in [7, 11) is 1.65. The Morgan fingerprint density at radius 2 is 1.77 bits per heavy atom. The average molecular weight is 357 g/mol. The zero-order chi connectivity index (χ0) is 18.4. The van der Waals surface area contributed by atoms with E-state index in [9.17, 15) is 10.2 Å². The number of rotatable bonds is 7. The van der Waals surface area contributed by atoms with Crippen LogP contribution in [0.3, 0.4) is 0 Å². The highest BCUT2D eigenvalue weighted by Crippen LogP contribution is 2.28. The number of hydrogen-bond donors (Lipinski definition) is 3. The van der Waals surface area contributed by atoms with Crippen LogP contribution >= 0.6 is 0 Å². The predicted molar refractivity (Wildman–Crippen MR) is 101 cm³/mol. The first-order chi connectivity index (χ1) is 12.6. The van der Waals surface area contributed by atoms with Gasteiger partial charge in [0.25, 0.3) is 0 Å². The van der Waals surface area contributed by atoms with Crippen LogP contribution in [0.2, 0.25) is 0 Å². The smallest absolute Gasteiger partial charge is 0.119 e. The minimum atomic E-state index is -0.691. The molecule has 3 N–H and O–H groups in total. The quantitative estimate of drug-likeness (QED) is 0.711. The highest BCUT2D eigenvalue weighted by molar-refractivity contribution is 5.30. The number of hydrogen-bond acceptors (Lipinski definition) is 5. The van der Waals surface area contributed by atoms with Crippen molar-refractivity contribution < 1.29 is 19.7 Å². The van der Waals surface area contributed by atoms with Gasteiger partial charge in [-0.05, 0) is 67.8 Å². The molecule has 26 heavy (non-hydrogen) atoms. The van der Waals surface area contributed by atoms with Crippen LogP contribution in [0.25, 0.3) is 0 Å². The van der Waals surface area contributed by atoms with E-state index in [1.165, 1.54) is 0 Å². The van der Waals surface area contributed by atoms with Crippen molar-refractivity contribution in [3.63, 3.8) is 0 Å². The molecule has 0 amide bonds. The normalized spacial score (nSPS) is 22.8. The van der Waals surface area contributed by atoms with E-state index in [-0.39, 0.29) is 11.8 Å². The number of methoxy groups -OCH3 is 1. The molecule has 5 nitrogen and oxygen atoms in total. The van der Waals surface area contributed by atoms with Crippen LogP contribution in [0, 0.1) is 0 Å². The Hall–Kier alpha value is -2.24. The molecule has 0 aliphatic carbocycles. The minimum absolute atomic E-state index is 0.226. The van der Waals surface area contributed by atoms with Crippen molar-refractivity contribution in [2.45, 2.75) is 37.3 Å². The Labute approximate surface area is 154 Å². The molecule has 1 saturated heterocycles. The van der Waals surface area contributed by atoms with E-state index in [4.69, 9.17) is 9.47 Å². The summed E-state index contributed by atoms with van der Waals surface area (Å²) in [5.74, 6) is 1.80. The third kappa shape index (κ3) is 5.13. The van der Waals surface area contributed by atoms with Crippen molar-refractivity contribution in [1.82, 2.24) is 5.32 Å². The fourth-order valence-electron chi connectivity index (χ4n) is 3.49. The summed E-state index contributed by atoms with van der Waals surface area (Å²) in [6.45, 7) is 1.37. The summed E-state index contributed by atoms with van der Waals surface area (Å²) in [5, 5.41) is 23.8. The van der Waals surface area contributed by atoms with Crippen LogP contribution in [0.15, 0.2) is 48.5 Å². The highest BCUT2D eigenvalue weighted by atomic mass is 16.5. The summed E-state index contributed by atoms with van der Waals surface area (Å²) >= 11 is 0. The summed E-state index contributed by atoms with van der Waals surface area (Å²) in [6.07, 6.45) is 2.92. The lowest BCUT2D eigenvalue weighted by Crippen LogP contribution is -2.49. The first-order valence-electron chi connectivity index (χ1n) is 9.07. The number of aliphatic hydroxyl groups is 1. The van der Waals surface area contributed by atoms with E-state index in [0.717, 1.165) is 36.4 Å². The molecule has 5 heteroatoms. The van der Waals surface area contributed by atoms with Gasteiger partial charge in [-0.3, -0.25) is 0 Å². The highest BCUT2D eigenvalue weighted by Gasteiger charge is 2.34. The van der Waals surface area contributed by atoms with E-state index < -0.39 is 5.60 Å². The Bertz CT molecular complexity index is 686. The third-order valence-electron chi connectivity index (χ3n) is 4.91.